The van der Waals surface area contributed by atoms with E-state index in [-0.39, 0.29) is 12.0 Å². The zero-order chi connectivity index (χ0) is 20.4. The van der Waals surface area contributed by atoms with E-state index >= 15 is 0 Å². The lowest BCUT2D eigenvalue weighted by molar-refractivity contribution is 0.0592. The lowest BCUT2D eigenvalue weighted by atomic mass is 10.1. The first-order chi connectivity index (χ1) is 14.1. The third kappa shape index (κ3) is 4.00. The molecule has 3 aromatic rings. The molecule has 0 aliphatic carbocycles. The number of amides is 1. The van der Waals surface area contributed by atoms with Gasteiger partial charge in [0.05, 0.1) is 30.0 Å². The fraction of sp³-hybridized carbons (Fsp3) is 0.364. The minimum absolute atomic E-state index is 0.0291. The van der Waals surface area contributed by atoms with Gasteiger partial charge in [0.25, 0.3) is 11.1 Å². The van der Waals surface area contributed by atoms with Gasteiger partial charge in [0.1, 0.15) is 17.6 Å². The average molecular weight is 413 g/mol. The highest BCUT2D eigenvalue weighted by molar-refractivity contribution is 7.20. The second kappa shape index (κ2) is 8.29. The summed E-state index contributed by atoms with van der Waals surface area (Å²) in [5, 5.41) is 0.705. The standard InChI is InChI=1S/C22H24N2O4S/c1-14-5-4-6-19-20(14)23-22(29-19)28-15-9-11-24(12-10-15)21(25)17-8-7-16(26-2)13-18(17)27-3/h4-8,13,15H,9-12H2,1-3H3. The molecule has 1 aliphatic rings. The molecule has 0 bridgehead atoms. The normalized spacial score (nSPS) is 14.8. The second-order valence-corrected chi connectivity index (χ2v) is 8.07. The number of aromatic nitrogens is 1. The number of aryl methyl sites for hydroxylation is 1. The van der Waals surface area contributed by atoms with Gasteiger partial charge in [-0.1, -0.05) is 23.5 Å². The number of nitrogens with zero attached hydrogens (tertiary/aromatic N) is 2. The molecule has 6 nitrogen and oxygen atoms in total. The maximum atomic E-state index is 13.0. The van der Waals surface area contributed by atoms with E-state index in [2.05, 4.69) is 24.0 Å². The Hall–Kier alpha value is -2.80. The van der Waals surface area contributed by atoms with Crippen LogP contribution in [0.1, 0.15) is 28.8 Å². The molecule has 1 amide bonds. The minimum atomic E-state index is -0.0291. The summed E-state index contributed by atoms with van der Waals surface area (Å²) in [5.41, 5.74) is 2.71. The fourth-order valence-electron chi connectivity index (χ4n) is 3.58. The van der Waals surface area contributed by atoms with E-state index in [0.717, 1.165) is 28.6 Å². The molecule has 2 aromatic carbocycles. The maximum absolute atomic E-state index is 13.0. The third-order valence-corrected chi connectivity index (χ3v) is 6.15. The first-order valence-corrected chi connectivity index (χ1v) is 10.4. The van der Waals surface area contributed by atoms with Gasteiger partial charge in [-0.3, -0.25) is 4.79 Å². The molecule has 1 aliphatic heterocycles. The Kier molecular flexibility index (Phi) is 5.58. The number of carbonyl (C=O) groups is 1. The van der Waals surface area contributed by atoms with Crippen LogP contribution in [-0.2, 0) is 0 Å². The number of thiazole rings is 1. The van der Waals surface area contributed by atoms with Crippen LogP contribution in [0.15, 0.2) is 36.4 Å². The third-order valence-electron chi connectivity index (χ3n) is 5.24. The number of fused-ring (bicyclic) bond motifs is 1. The molecule has 2 heterocycles. The summed E-state index contributed by atoms with van der Waals surface area (Å²) in [4.78, 5) is 19.4. The van der Waals surface area contributed by atoms with Gasteiger partial charge in [0.15, 0.2) is 0 Å². The molecule has 29 heavy (non-hydrogen) atoms. The molecule has 0 unspecified atom stereocenters. The lowest BCUT2D eigenvalue weighted by Gasteiger charge is -2.32. The molecular formula is C22H24N2O4S. The first kappa shape index (κ1) is 19.5. The van der Waals surface area contributed by atoms with Crippen molar-refractivity contribution in [1.29, 1.82) is 0 Å². The Balaban J connectivity index is 1.40. The summed E-state index contributed by atoms with van der Waals surface area (Å²) in [6.07, 6.45) is 1.62. The summed E-state index contributed by atoms with van der Waals surface area (Å²) in [7, 11) is 3.15. The lowest BCUT2D eigenvalue weighted by Crippen LogP contribution is -2.41. The molecule has 7 heteroatoms. The highest BCUT2D eigenvalue weighted by atomic mass is 32.1. The van der Waals surface area contributed by atoms with Gasteiger partial charge >= 0.3 is 0 Å². The summed E-state index contributed by atoms with van der Waals surface area (Å²) in [5.74, 6) is 1.16. The van der Waals surface area contributed by atoms with Crippen LogP contribution in [0.2, 0.25) is 0 Å². The zero-order valence-electron chi connectivity index (χ0n) is 16.8. The number of likely N-dealkylation sites (tertiary alicyclic amines) is 1. The Morgan fingerprint density at radius 1 is 1.14 bits per heavy atom. The minimum Gasteiger partial charge on any atom is -0.497 e. The smallest absolute Gasteiger partial charge is 0.274 e. The van der Waals surface area contributed by atoms with E-state index in [0.29, 0.717) is 35.3 Å². The average Bonchev–Trinajstić information content (AvgIpc) is 3.17. The molecule has 152 valence electrons. The van der Waals surface area contributed by atoms with Crippen molar-refractivity contribution in [3.05, 3.63) is 47.5 Å². The van der Waals surface area contributed by atoms with Crippen LogP contribution >= 0.6 is 11.3 Å². The van der Waals surface area contributed by atoms with Crippen LogP contribution in [0.3, 0.4) is 0 Å². The van der Waals surface area contributed by atoms with E-state index in [1.54, 1.807) is 43.8 Å². The first-order valence-electron chi connectivity index (χ1n) is 9.63. The van der Waals surface area contributed by atoms with Gasteiger partial charge in [-0.25, -0.2) is 4.98 Å². The van der Waals surface area contributed by atoms with Gasteiger partial charge in [-0.05, 0) is 30.7 Å². The van der Waals surface area contributed by atoms with Crippen molar-refractivity contribution in [2.75, 3.05) is 27.3 Å². The van der Waals surface area contributed by atoms with Crippen LogP contribution in [-0.4, -0.2) is 49.2 Å². The number of hydrogen-bond acceptors (Lipinski definition) is 6. The van der Waals surface area contributed by atoms with Crippen LogP contribution in [0, 0.1) is 6.92 Å². The van der Waals surface area contributed by atoms with Crippen molar-refractivity contribution in [3.8, 4) is 16.7 Å². The Morgan fingerprint density at radius 3 is 2.62 bits per heavy atom. The van der Waals surface area contributed by atoms with Gasteiger partial charge in [-0.15, -0.1) is 0 Å². The number of hydrogen-bond donors (Lipinski definition) is 0. The Labute approximate surface area is 174 Å². The van der Waals surface area contributed by atoms with Gasteiger partial charge in [0, 0.05) is 32.0 Å². The van der Waals surface area contributed by atoms with Gasteiger partial charge < -0.3 is 19.1 Å². The Morgan fingerprint density at radius 2 is 1.93 bits per heavy atom. The van der Waals surface area contributed by atoms with Crippen molar-refractivity contribution >= 4 is 27.5 Å². The van der Waals surface area contributed by atoms with Crippen molar-refractivity contribution in [1.82, 2.24) is 9.88 Å². The number of para-hydroxylation sites is 1. The molecular weight excluding hydrogens is 388 g/mol. The molecule has 1 aromatic heterocycles. The fourth-order valence-corrected chi connectivity index (χ4v) is 4.54. The van der Waals surface area contributed by atoms with Crippen LogP contribution in [0.5, 0.6) is 16.7 Å². The van der Waals surface area contributed by atoms with Crippen molar-refractivity contribution in [2.24, 2.45) is 0 Å². The molecule has 4 rings (SSSR count). The predicted molar refractivity (Wildman–Crippen MR) is 113 cm³/mol. The van der Waals surface area contributed by atoms with Crippen LogP contribution < -0.4 is 14.2 Å². The predicted octanol–water partition coefficient (Wildman–Crippen LogP) is 4.31. The van der Waals surface area contributed by atoms with E-state index in [9.17, 15) is 4.79 Å². The molecule has 0 radical (unpaired) electrons. The highest BCUT2D eigenvalue weighted by Crippen LogP contribution is 2.32. The zero-order valence-corrected chi connectivity index (χ0v) is 17.6. The van der Waals surface area contributed by atoms with Crippen molar-refractivity contribution in [3.63, 3.8) is 0 Å². The van der Waals surface area contributed by atoms with Crippen molar-refractivity contribution in [2.45, 2.75) is 25.9 Å². The van der Waals surface area contributed by atoms with Crippen LogP contribution in [0.4, 0.5) is 0 Å². The summed E-state index contributed by atoms with van der Waals surface area (Å²) < 4.78 is 17.9. The largest absolute Gasteiger partial charge is 0.497 e. The molecule has 0 N–H and O–H groups in total. The topological polar surface area (TPSA) is 60.9 Å². The van der Waals surface area contributed by atoms with E-state index in [1.165, 1.54) is 0 Å². The number of rotatable bonds is 5. The molecule has 0 saturated carbocycles. The second-order valence-electron chi connectivity index (χ2n) is 7.08. The molecule has 1 fully saturated rings. The molecule has 0 atom stereocenters. The SMILES string of the molecule is COc1ccc(C(=O)N2CCC(Oc3nc4c(C)cccc4s3)CC2)c(OC)c1. The highest BCUT2D eigenvalue weighted by Gasteiger charge is 2.27. The van der Waals surface area contributed by atoms with Crippen LogP contribution in [0.25, 0.3) is 10.2 Å². The Bertz CT molecular complexity index is 1020. The number of ether oxygens (including phenoxy) is 3. The van der Waals surface area contributed by atoms with Crippen molar-refractivity contribution < 1.29 is 19.0 Å². The number of carbonyl (C=O) groups excluding carboxylic acids is 1. The van der Waals surface area contributed by atoms with E-state index < -0.39 is 0 Å². The summed E-state index contributed by atoms with van der Waals surface area (Å²) in [6.45, 7) is 3.34. The molecule has 1 saturated heterocycles. The summed E-state index contributed by atoms with van der Waals surface area (Å²) >= 11 is 1.58. The van der Waals surface area contributed by atoms with Gasteiger partial charge in [-0.2, -0.15) is 0 Å². The van der Waals surface area contributed by atoms with Gasteiger partial charge in [0.2, 0.25) is 0 Å². The summed E-state index contributed by atoms with van der Waals surface area (Å²) in [6, 6.07) is 11.4. The number of piperidine rings is 1. The number of benzene rings is 2. The maximum Gasteiger partial charge on any atom is 0.274 e. The quantitative estimate of drug-likeness (QED) is 0.625. The molecule has 0 spiro atoms. The van der Waals surface area contributed by atoms with E-state index in [1.807, 2.05) is 11.0 Å². The number of methoxy groups -OCH3 is 2. The monoisotopic (exact) mass is 412 g/mol. The van der Waals surface area contributed by atoms with E-state index in [4.69, 9.17) is 14.2 Å².